The van der Waals surface area contributed by atoms with Crippen LogP contribution >= 0.6 is 15.9 Å². The van der Waals surface area contributed by atoms with Gasteiger partial charge in [-0.3, -0.25) is 4.79 Å². The van der Waals surface area contributed by atoms with Crippen LogP contribution in [0.5, 0.6) is 11.5 Å². The summed E-state index contributed by atoms with van der Waals surface area (Å²) in [6, 6.07) is 3.86. The second-order valence-electron chi connectivity index (χ2n) is 7.86. The Hall–Kier alpha value is -1.27. The van der Waals surface area contributed by atoms with Crippen molar-refractivity contribution in [3.63, 3.8) is 0 Å². The number of carbonyl (C=O) groups is 1. The highest BCUT2D eigenvalue weighted by Gasteiger charge is 2.32. The van der Waals surface area contributed by atoms with E-state index >= 15 is 0 Å². The maximum Gasteiger partial charge on any atom is 0.226 e. The Kier molecular flexibility index (Phi) is 6.46. The summed E-state index contributed by atoms with van der Waals surface area (Å²) in [6.45, 7) is 7.04. The molecule has 1 atom stereocenters. The van der Waals surface area contributed by atoms with Crippen molar-refractivity contribution in [2.45, 2.75) is 39.2 Å². The number of nitrogens with zero attached hydrogens (tertiary/aromatic N) is 1. The van der Waals surface area contributed by atoms with E-state index < -0.39 is 0 Å². The summed E-state index contributed by atoms with van der Waals surface area (Å²) >= 11 is 3.39. The number of rotatable bonds is 4. The van der Waals surface area contributed by atoms with Crippen molar-refractivity contribution in [1.29, 1.82) is 0 Å². The van der Waals surface area contributed by atoms with Gasteiger partial charge in [-0.05, 0) is 46.8 Å². The van der Waals surface area contributed by atoms with E-state index in [4.69, 9.17) is 4.74 Å². The van der Waals surface area contributed by atoms with E-state index in [1.807, 2.05) is 12.1 Å². The molecule has 1 aromatic rings. The number of hydrogen-bond acceptors (Lipinski definition) is 3. The number of nitrogens with one attached hydrogen (secondary N) is 1. The average molecular weight is 426 g/mol. The molecule has 3 rings (SSSR count). The van der Waals surface area contributed by atoms with Gasteiger partial charge in [-0.15, -0.1) is 0 Å². The molecule has 144 valence electrons. The van der Waals surface area contributed by atoms with Crippen LogP contribution in [0.2, 0.25) is 0 Å². The normalized spacial score (nSPS) is 26.6. The second-order valence-corrected chi connectivity index (χ2v) is 8.72. The number of quaternary nitrogens is 1. The van der Waals surface area contributed by atoms with Gasteiger partial charge in [-0.2, -0.15) is 0 Å². The van der Waals surface area contributed by atoms with E-state index in [9.17, 15) is 9.90 Å². The van der Waals surface area contributed by atoms with E-state index in [0.29, 0.717) is 22.0 Å². The predicted molar refractivity (Wildman–Crippen MR) is 104 cm³/mol. The topological polar surface area (TPSA) is 54.2 Å². The molecular weight excluding hydrogens is 396 g/mol. The van der Waals surface area contributed by atoms with Crippen LogP contribution in [-0.4, -0.2) is 49.2 Å². The zero-order chi connectivity index (χ0) is 18.7. The molecule has 2 saturated heterocycles. The van der Waals surface area contributed by atoms with Crippen LogP contribution in [0.1, 0.15) is 38.2 Å². The van der Waals surface area contributed by atoms with E-state index in [-0.39, 0.29) is 11.7 Å². The number of amides is 1. The summed E-state index contributed by atoms with van der Waals surface area (Å²) in [5.74, 6) is 1.86. The van der Waals surface area contributed by atoms with Crippen LogP contribution < -0.4 is 9.64 Å². The van der Waals surface area contributed by atoms with Crippen molar-refractivity contribution in [2.24, 2.45) is 11.8 Å². The van der Waals surface area contributed by atoms with Gasteiger partial charge in [0, 0.05) is 37.4 Å². The smallest absolute Gasteiger partial charge is 0.226 e. The number of likely N-dealkylation sites (tertiary alicyclic amines) is 2. The fourth-order valence-corrected chi connectivity index (χ4v) is 4.76. The quantitative estimate of drug-likeness (QED) is 0.777. The molecule has 0 saturated carbocycles. The maximum absolute atomic E-state index is 12.8. The van der Waals surface area contributed by atoms with Gasteiger partial charge in [-0.25, -0.2) is 0 Å². The first-order valence-electron chi connectivity index (χ1n) is 9.65. The van der Waals surface area contributed by atoms with Crippen LogP contribution in [0.15, 0.2) is 16.6 Å². The molecule has 0 spiro atoms. The Balaban J connectivity index is 1.54. The molecule has 1 amide bonds. The highest BCUT2D eigenvalue weighted by molar-refractivity contribution is 9.10. The molecule has 2 N–H and O–H groups in total. The third kappa shape index (κ3) is 4.52. The lowest BCUT2D eigenvalue weighted by Gasteiger charge is -2.36. The monoisotopic (exact) mass is 425 g/mol. The van der Waals surface area contributed by atoms with E-state index in [1.165, 1.54) is 11.3 Å². The number of phenolic OH excluding ortho intramolecular Hbond substituents is 1. The van der Waals surface area contributed by atoms with E-state index in [2.05, 4.69) is 27.8 Å². The molecule has 0 aliphatic carbocycles. The molecule has 26 heavy (non-hydrogen) atoms. The van der Waals surface area contributed by atoms with Crippen molar-refractivity contribution >= 4 is 21.8 Å². The fourth-order valence-electron chi connectivity index (χ4n) is 4.27. The molecule has 2 heterocycles. The SMILES string of the molecule is COc1cc(C[NH+]2CCC(C(=O)N3CCC[C@H](C)C3)CC2)cc(Br)c1O. The minimum Gasteiger partial charge on any atom is -0.503 e. The van der Waals surface area contributed by atoms with E-state index in [1.54, 1.807) is 7.11 Å². The molecule has 0 unspecified atom stereocenters. The molecule has 5 nitrogen and oxygen atoms in total. The van der Waals surface area contributed by atoms with Crippen molar-refractivity contribution in [3.05, 3.63) is 22.2 Å². The van der Waals surface area contributed by atoms with Gasteiger partial charge in [0.2, 0.25) is 5.91 Å². The van der Waals surface area contributed by atoms with Gasteiger partial charge >= 0.3 is 0 Å². The van der Waals surface area contributed by atoms with Gasteiger partial charge in [0.25, 0.3) is 0 Å². The largest absolute Gasteiger partial charge is 0.503 e. The molecule has 6 heteroatoms. The Bertz CT molecular complexity index is 644. The zero-order valence-corrected chi connectivity index (χ0v) is 17.3. The van der Waals surface area contributed by atoms with Crippen LogP contribution in [-0.2, 0) is 11.3 Å². The summed E-state index contributed by atoms with van der Waals surface area (Å²) in [4.78, 5) is 16.4. The molecule has 2 fully saturated rings. The summed E-state index contributed by atoms with van der Waals surface area (Å²) in [7, 11) is 1.57. The molecule has 0 radical (unpaired) electrons. The van der Waals surface area contributed by atoms with Gasteiger partial charge in [-0.1, -0.05) is 6.92 Å². The summed E-state index contributed by atoms with van der Waals surface area (Å²) in [5, 5.41) is 9.95. The van der Waals surface area contributed by atoms with Crippen LogP contribution in [0.3, 0.4) is 0 Å². The fraction of sp³-hybridized carbons (Fsp3) is 0.650. The average Bonchev–Trinajstić information content (AvgIpc) is 2.64. The summed E-state index contributed by atoms with van der Waals surface area (Å²) in [5.41, 5.74) is 1.14. The van der Waals surface area contributed by atoms with Gasteiger partial charge in [0.05, 0.1) is 24.7 Å². The number of aromatic hydroxyl groups is 1. The molecule has 2 aliphatic rings. The number of piperidine rings is 2. The first-order chi connectivity index (χ1) is 12.5. The van der Waals surface area contributed by atoms with Crippen molar-refractivity contribution in [3.8, 4) is 11.5 Å². The molecule has 0 aromatic heterocycles. The second kappa shape index (κ2) is 8.61. The molecular formula is C20H30BrN2O3+. The standard InChI is InChI=1S/C20H29BrN2O3/c1-14-4-3-7-23(12-14)20(25)16-5-8-22(9-6-16)13-15-10-17(21)19(24)18(11-15)26-2/h10-11,14,16,24H,3-9,12-13H2,1-2H3/p+1/t14-/m0/s1. The van der Waals surface area contributed by atoms with Crippen LogP contribution in [0, 0.1) is 11.8 Å². The third-order valence-corrected chi connectivity index (χ3v) is 6.38. The molecule has 0 bridgehead atoms. The number of benzene rings is 1. The number of carbonyl (C=O) groups excluding carboxylic acids is 1. The minimum atomic E-state index is 0.145. The number of ether oxygens (including phenoxy) is 1. The van der Waals surface area contributed by atoms with Crippen molar-refractivity contribution < 1.29 is 19.5 Å². The van der Waals surface area contributed by atoms with Crippen LogP contribution in [0.25, 0.3) is 0 Å². The molecule has 2 aliphatic heterocycles. The van der Waals surface area contributed by atoms with Crippen molar-refractivity contribution in [2.75, 3.05) is 33.3 Å². The number of halogens is 1. The number of hydrogen-bond donors (Lipinski definition) is 2. The van der Waals surface area contributed by atoms with Gasteiger partial charge in [0.1, 0.15) is 6.54 Å². The number of phenols is 1. The Morgan fingerprint density at radius 2 is 2.08 bits per heavy atom. The highest BCUT2D eigenvalue weighted by Crippen LogP contribution is 2.35. The van der Waals surface area contributed by atoms with Gasteiger partial charge < -0.3 is 19.6 Å². The lowest BCUT2D eigenvalue weighted by molar-refractivity contribution is -0.919. The lowest BCUT2D eigenvalue weighted by Crippen LogP contribution is -3.11. The van der Waals surface area contributed by atoms with Crippen LogP contribution in [0.4, 0.5) is 0 Å². The van der Waals surface area contributed by atoms with Gasteiger partial charge in [0.15, 0.2) is 11.5 Å². The molecule has 1 aromatic carbocycles. The summed E-state index contributed by atoms with van der Waals surface area (Å²) in [6.07, 6.45) is 4.33. The summed E-state index contributed by atoms with van der Waals surface area (Å²) < 4.78 is 5.90. The minimum absolute atomic E-state index is 0.145. The first kappa shape index (κ1) is 19.5. The Labute approximate surface area is 164 Å². The predicted octanol–water partition coefficient (Wildman–Crippen LogP) is 2.22. The third-order valence-electron chi connectivity index (χ3n) is 5.77. The van der Waals surface area contributed by atoms with Crippen molar-refractivity contribution in [1.82, 2.24) is 4.90 Å². The Morgan fingerprint density at radius 1 is 1.35 bits per heavy atom. The maximum atomic E-state index is 12.8. The highest BCUT2D eigenvalue weighted by atomic mass is 79.9. The Morgan fingerprint density at radius 3 is 2.73 bits per heavy atom. The first-order valence-corrected chi connectivity index (χ1v) is 10.4. The number of methoxy groups -OCH3 is 1. The lowest BCUT2D eigenvalue weighted by atomic mass is 9.92. The zero-order valence-electron chi connectivity index (χ0n) is 15.8. The van der Waals surface area contributed by atoms with E-state index in [0.717, 1.165) is 57.5 Å².